The third-order valence-corrected chi connectivity index (χ3v) is 7.57. The predicted molar refractivity (Wildman–Crippen MR) is 95.8 cm³/mol. The zero-order valence-corrected chi connectivity index (χ0v) is 15.3. The molecule has 1 nitrogen and oxygen atoms in total. The molecule has 2 rings (SSSR count). The molecular formula is C21H36O. The van der Waals surface area contributed by atoms with Crippen LogP contribution in [0.1, 0.15) is 79.1 Å². The van der Waals surface area contributed by atoms with Crippen LogP contribution < -0.4 is 0 Å². The maximum Gasteiger partial charge on any atom is 0.0797 e. The van der Waals surface area contributed by atoms with Gasteiger partial charge in [-0.3, -0.25) is 0 Å². The van der Waals surface area contributed by atoms with E-state index in [1.165, 1.54) is 44.1 Å². The van der Waals surface area contributed by atoms with Crippen molar-refractivity contribution in [3.05, 3.63) is 24.8 Å². The first kappa shape index (κ1) is 17.8. The lowest BCUT2D eigenvalue weighted by atomic mass is 9.43. The monoisotopic (exact) mass is 304 g/mol. The average Bonchev–Trinajstić information content (AvgIpc) is 2.46. The Bertz CT molecular complexity index is 435. The second kappa shape index (κ2) is 6.15. The normalized spacial score (nSPS) is 41.6. The summed E-state index contributed by atoms with van der Waals surface area (Å²) < 4.78 is 0. The summed E-state index contributed by atoms with van der Waals surface area (Å²) in [7, 11) is 0. The van der Waals surface area contributed by atoms with E-state index in [0.717, 1.165) is 18.8 Å². The largest absolute Gasteiger partial charge is 0.386 e. The highest BCUT2D eigenvalue weighted by molar-refractivity contribution is 5.18. The van der Waals surface area contributed by atoms with Crippen LogP contribution in [0.25, 0.3) is 0 Å². The number of allylic oxidation sites excluding steroid dienone is 1. The predicted octanol–water partition coefficient (Wildman–Crippen LogP) is 5.89. The molecule has 1 N–H and O–H groups in total. The molecule has 0 aliphatic heterocycles. The first-order valence-electron chi connectivity index (χ1n) is 9.20. The van der Waals surface area contributed by atoms with E-state index in [9.17, 15) is 5.11 Å². The van der Waals surface area contributed by atoms with Gasteiger partial charge in [-0.1, -0.05) is 51.8 Å². The van der Waals surface area contributed by atoms with Gasteiger partial charge in [-0.2, -0.15) is 0 Å². The minimum Gasteiger partial charge on any atom is -0.386 e. The van der Waals surface area contributed by atoms with E-state index in [4.69, 9.17) is 0 Å². The third kappa shape index (κ3) is 2.94. The number of rotatable bonds is 5. The molecule has 2 fully saturated rings. The summed E-state index contributed by atoms with van der Waals surface area (Å²) in [6.45, 7) is 17.6. The zero-order chi connectivity index (χ0) is 16.6. The Morgan fingerprint density at radius 1 is 1.32 bits per heavy atom. The molecule has 1 heteroatoms. The van der Waals surface area contributed by atoms with Gasteiger partial charge in [-0.25, -0.2) is 0 Å². The van der Waals surface area contributed by atoms with Crippen molar-refractivity contribution in [2.75, 3.05) is 0 Å². The van der Waals surface area contributed by atoms with Crippen LogP contribution in [0.15, 0.2) is 24.8 Å². The van der Waals surface area contributed by atoms with Crippen molar-refractivity contribution < 1.29 is 5.11 Å². The summed E-state index contributed by atoms with van der Waals surface area (Å²) in [4.78, 5) is 0. The van der Waals surface area contributed by atoms with E-state index >= 15 is 0 Å². The van der Waals surface area contributed by atoms with Gasteiger partial charge >= 0.3 is 0 Å². The van der Waals surface area contributed by atoms with Gasteiger partial charge in [0.1, 0.15) is 0 Å². The van der Waals surface area contributed by atoms with E-state index in [2.05, 4.69) is 33.9 Å². The Kier molecular flexibility index (Phi) is 4.97. The number of fused-ring (bicyclic) bond motifs is 1. The lowest BCUT2D eigenvalue weighted by molar-refractivity contribution is -0.0908. The minimum absolute atomic E-state index is 0.389. The van der Waals surface area contributed by atoms with E-state index in [-0.39, 0.29) is 0 Å². The van der Waals surface area contributed by atoms with Gasteiger partial charge in [0, 0.05) is 0 Å². The van der Waals surface area contributed by atoms with E-state index in [1.54, 1.807) is 6.08 Å². The molecule has 0 aromatic heterocycles. The maximum atomic E-state index is 10.2. The molecule has 0 spiro atoms. The molecule has 0 aromatic rings. The highest BCUT2D eigenvalue weighted by atomic mass is 16.3. The summed E-state index contributed by atoms with van der Waals surface area (Å²) in [5.41, 5.74) is 1.59. The van der Waals surface area contributed by atoms with Crippen LogP contribution in [0.5, 0.6) is 0 Å². The molecule has 126 valence electrons. The second-order valence-corrected chi connectivity index (χ2v) is 8.79. The Morgan fingerprint density at radius 3 is 2.64 bits per heavy atom. The van der Waals surface area contributed by atoms with Gasteiger partial charge in [0.05, 0.1) is 5.60 Å². The molecule has 2 saturated carbocycles. The molecule has 22 heavy (non-hydrogen) atoms. The van der Waals surface area contributed by atoms with E-state index in [0.29, 0.717) is 16.7 Å². The zero-order valence-electron chi connectivity index (χ0n) is 15.3. The molecule has 2 aliphatic rings. The van der Waals surface area contributed by atoms with Crippen molar-refractivity contribution in [2.24, 2.45) is 22.7 Å². The number of hydrogen-bond acceptors (Lipinski definition) is 1. The molecule has 0 aromatic carbocycles. The Hall–Kier alpha value is -0.560. The molecule has 0 heterocycles. The minimum atomic E-state index is -0.722. The van der Waals surface area contributed by atoms with Gasteiger partial charge in [-0.15, -0.1) is 6.58 Å². The fraction of sp³-hybridized carbons (Fsp3) is 0.810. The molecule has 0 saturated heterocycles. The molecule has 5 atom stereocenters. The van der Waals surface area contributed by atoms with Gasteiger partial charge < -0.3 is 5.11 Å². The molecule has 1 unspecified atom stereocenters. The maximum absolute atomic E-state index is 10.2. The average molecular weight is 305 g/mol. The van der Waals surface area contributed by atoms with Crippen LogP contribution in [0, 0.1) is 22.7 Å². The first-order chi connectivity index (χ1) is 10.2. The van der Waals surface area contributed by atoms with Crippen molar-refractivity contribution in [1.29, 1.82) is 0 Å². The van der Waals surface area contributed by atoms with E-state index in [1.807, 2.05) is 6.92 Å². The quantitative estimate of drug-likeness (QED) is 0.628. The van der Waals surface area contributed by atoms with Crippen LogP contribution in [0.3, 0.4) is 0 Å². The highest BCUT2D eigenvalue weighted by Crippen LogP contribution is 2.64. The Morgan fingerprint density at radius 2 is 2.00 bits per heavy atom. The summed E-state index contributed by atoms with van der Waals surface area (Å²) in [5, 5.41) is 10.2. The molecule has 0 bridgehead atoms. The summed E-state index contributed by atoms with van der Waals surface area (Å²) in [5.74, 6) is 1.44. The molecule has 2 aliphatic carbocycles. The first-order valence-corrected chi connectivity index (χ1v) is 9.20. The smallest absolute Gasteiger partial charge is 0.0797 e. The topological polar surface area (TPSA) is 20.2 Å². The highest BCUT2D eigenvalue weighted by Gasteiger charge is 2.55. The van der Waals surface area contributed by atoms with Crippen LogP contribution in [-0.4, -0.2) is 10.7 Å². The van der Waals surface area contributed by atoms with Crippen LogP contribution in [0.2, 0.25) is 0 Å². The van der Waals surface area contributed by atoms with Crippen molar-refractivity contribution >= 4 is 0 Å². The van der Waals surface area contributed by atoms with Crippen LogP contribution in [-0.2, 0) is 0 Å². The van der Waals surface area contributed by atoms with Crippen LogP contribution in [0.4, 0.5) is 0 Å². The van der Waals surface area contributed by atoms with Crippen molar-refractivity contribution in [3.8, 4) is 0 Å². The van der Waals surface area contributed by atoms with Crippen molar-refractivity contribution in [1.82, 2.24) is 0 Å². The second-order valence-electron chi connectivity index (χ2n) is 8.79. The fourth-order valence-electron chi connectivity index (χ4n) is 5.38. The van der Waals surface area contributed by atoms with Gasteiger partial charge in [-0.05, 0) is 68.1 Å². The Labute approximate surface area is 137 Å². The van der Waals surface area contributed by atoms with Crippen molar-refractivity contribution in [2.45, 2.75) is 84.7 Å². The summed E-state index contributed by atoms with van der Waals surface area (Å²) >= 11 is 0. The molecular weight excluding hydrogens is 268 g/mol. The number of hydrogen-bond donors (Lipinski definition) is 1. The molecule has 0 radical (unpaired) electrons. The Balaban J connectivity index is 2.14. The van der Waals surface area contributed by atoms with Crippen molar-refractivity contribution in [3.63, 3.8) is 0 Å². The summed E-state index contributed by atoms with van der Waals surface area (Å²) in [6, 6.07) is 0. The summed E-state index contributed by atoms with van der Waals surface area (Å²) in [6.07, 6.45) is 11.3. The standard InChI is InChI=1S/C21H36O/c1-7-19(4,22)13-9-11-18-16(2)12-15-20(5)17(3)10-8-14-21(18,20)6/h7,17-18,22H,1-2,8-15H2,3-6H3/t17-,18-,19?,20+,21+/m0/s1. The SMILES string of the molecule is C=CC(C)(O)CCC[C@H]1C(=C)CC[C@]2(C)[C@@H](C)CCC[C@]12C. The van der Waals surface area contributed by atoms with Gasteiger partial charge in [0.15, 0.2) is 0 Å². The van der Waals surface area contributed by atoms with E-state index < -0.39 is 5.60 Å². The lowest BCUT2D eigenvalue weighted by Crippen LogP contribution is -2.53. The van der Waals surface area contributed by atoms with Gasteiger partial charge in [0.2, 0.25) is 0 Å². The molecule has 0 amide bonds. The van der Waals surface area contributed by atoms with Crippen LogP contribution >= 0.6 is 0 Å². The fourth-order valence-corrected chi connectivity index (χ4v) is 5.38. The lowest BCUT2D eigenvalue weighted by Gasteiger charge is -2.61. The third-order valence-electron chi connectivity index (χ3n) is 7.57. The number of aliphatic hydroxyl groups is 1. The van der Waals surface area contributed by atoms with Gasteiger partial charge in [0.25, 0.3) is 0 Å².